The average molecular weight is 365 g/mol. The first-order valence-corrected chi connectivity index (χ1v) is 8.61. The van der Waals surface area contributed by atoms with Crippen LogP contribution in [0.25, 0.3) is 0 Å². The Kier molecular flexibility index (Phi) is 6.70. The Morgan fingerprint density at radius 2 is 1.84 bits per heavy atom. The molecule has 1 aromatic heterocycles. The zero-order chi connectivity index (χ0) is 18.4. The highest BCUT2D eigenvalue weighted by atomic mass is 35.5. The van der Waals surface area contributed by atoms with E-state index in [4.69, 9.17) is 21.1 Å². The van der Waals surface area contributed by atoms with Gasteiger partial charge in [0.05, 0.1) is 24.9 Å². The van der Waals surface area contributed by atoms with Crippen LogP contribution in [-0.2, 0) is 0 Å². The van der Waals surface area contributed by atoms with Gasteiger partial charge in [-0.05, 0) is 13.3 Å². The molecule has 0 saturated carbocycles. The highest BCUT2D eigenvalue weighted by Gasteiger charge is 2.13. The average Bonchev–Trinajstić information content (AvgIpc) is 2.60. The van der Waals surface area contributed by atoms with E-state index in [2.05, 4.69) is 27.1 Å². The Hall–Kier alpha value is -2.21. The zero-order valence-electron chi connectivity index (χ0n) is 15.4. The molecular weight excluding hydrogens is 340 g/mol. The zero-order valence-corrected chi connectivity index (χ0v) is 16.1. The lowest BCUT2D eigenvalue weighted by Crippen LogP contribution is -2.20. The molecule has 136 valence electrons. The topological polar surface area (TPSA) is 59.5 Å². The highest BCUT2D eigenvalue weighted by Crippen LogP contribution is 2.37. The lowest BCUT2D eigenvalue weighted by Gasteiger charge is -2.19. The standard InChI is InChI=1S/C18H25ClN4O2/c1-6-7-8-23(3)17-9-12(2)20-18(22-17)21-14-11-15(24-4)13(19)10-16(14)25-5/h9-11H,6-8H2,1-5H3,(H,20,21,22). The van der Waals surface area contributed by atoms with Gasteiger partial charge in [0.1, 0.15) is 17.3 Å². The molecule has 0 aliphatic rings. The summed E-state index contributed by atoms with van der Waals surface area (Å²) in [5, 5.41) is 3.69. The first-order valence-electron chi connectivity index (χ1n) is 8.23. The van der Waals surface area contributed by atoms with Crippen LogP contribution in [-0.4, -0.2) is 37.8 Å². The maximum atomic E-state index is 6.15. The Morgan fingerprint density at radius 3 is 2.48 bits per heavy atom. The smallest absolute Gasteiger partial charge is 0.229 e. The first-order chi connectivity index (χ1) is 12.0. The Labute approximate surface area is 154 Å². The molecule has 0 amide bonds. The van der Waals surface area contributed by atoms with E-state index in [0.717, 1.165) is 30.9 Å². The molecule has 0 fully saturated rings. The molecule has 0 aliphatic heterocycles. The van der Waals surface area contributed by atoms with Crippen LogP contribution in [0.2, 0.25) is 5.02 Å². The fourth-order valence-electron chi connectivity index (χ4n) is 2.39. The molecule has 25 heavy (non-hydrogen) atoms. The van der Waals surface area contributed by atoms with Crippen LogP contribution >= 0.6 is 11.6 Å². The van der Waals surface area contributed by atoms with Crippen molar-refractivity contribution in [3.8, 4) is 11.5 Å². The Morgan fingerprint density at radius 1 is 1.12 bits per heavy atom. The van der Waals surface area contributed by atoms with Crippen molar-refractivity contribution in [3.05, 3.63) is 28.9 Å². The molecule has 0 bridgehead atoms. The Balaban J connectivity index is 2.32. The molecule has 2 rings (SSSR count). The molecule has 0 radical (unpaired) electrons. The van der Waals surface area contributed by atoms with Crippen molar-refractivity contribution in [1.29, 1.82) is 0 Å². The second kappa shape index (κ2) is 8.76. The van der Waals surface area contributed by atoms with E-state index in [1.165, 1.54) is 0 Å². The molecule has 1 N–H and O–H groups in total. The number of hydrogen-bond acceptors (Lipinski definition) is 6. The summed E-state index contributed by atoms with van der Waals surface area (Å²) in [4.78, 5) is 11.2. The van der Waals surface area contributed by atoms with E-state index in [-0.39, 0.29) is 0 Å². The van der Waals surface area contributed by atoms with Gasteiger partial charge >= 0.3 is 0 Å². The summed E-state index contributed by atoms with van der Waals surface area (Å²) >= 11 is 6.15. The molecule has 0 spiro atoms. The third-order valence-corrected chi connectivity index (χ3v) is 4.09. The summed E-state index contributed by atoms with van der Waals surface area (Å²) in [5.74, 6) is 2.53. The van der Waals surface area contributed by atoms with Crippen molar-refractivity contribution in [2.75, 3.05) is 38.0 Å². The quantitative estimate of drug-likeness (QED) is 0.747. The number of aromatic nitrogens is 2. The molecule has 7 heteroatoms. The van der Waals surface area contributed by atoms with E-state index >= 15 is 0 Å². The van der Waals surface area contributed by atoms with Gasteiger partial charge < -0.3 is 19.7 Å². The second-order valence-corrected chi connectivity index (χ2v) is 6.19. The summed E-state index contributed by atoms with van der Waals surface area (Å²) in [7, 11) is 5.19. The summed E-state index contributed by atoms with van der Waals surface area (Å²) < 4.78 is 10.7. The molecule has 1 aromatic carbocycles. The van der Waals surface area contributed by atoms with Crippen LogP contribution in [0.4, 0.5) is 17.5 Å². The minimum Gasteiger partial charge on any atom is -0.495 e. The largest absolute Gasteiger partial charge is 0.495 e. The monoisotopic (exact) mass is 364 g/mol. The van der Waals surface area contributed by atoms with Crippen molar-refractivity contribution in [2.24, 2.45) is 0 Å². The van der Waals surface area contributed by atoms with Crippen molar-refractivity contribution >= 4 is 29.1 Å². The van der Waals surface area contributed by atoms with Crippen molar-refractivity contribution in [3.63, 3.8) is 0 Å². The predicted octanol–water partition coefficient (Wildman–Crippen LogP) is 4.44. The van der Waals surface area contributed by atoms with Gasteiger partial charge in [0, 0.05) is 37.5 Å². The van der Waals surface area contributed by atoms with Crippen LogP contribution in [0.5, 0.6) is 11.5 Å². The minimum absolute atomic E-state index is 0.482. The van der Waals surface area contributed by atoms with Crippen LogP contribution in [0, 0.1) is 6.92 Å². The van der Waals surface area contributed by atoms with Gasteiger partial charge in [-0.15, -0.1) is 0 Å². The lowest BCUT2D eigenvalue weighted by molar-refractivity contribution is 0.405. The number of nitrogens with one attached hydrogen (secondary N) is 1. The summed E-state index contributed by atoms with van der Waals surface area (Å²) in [6.45, 7) is 5.07. The third-order valence-electron chi connectivity index (χ3n) is 3.80. The molecule has 0 saturated heterocycles. The van der Waals surface area contributed by atoms with E-state index < -0.39 is 0 Å². The number of hydrogen-bond donors (Lipinski definition) is 1. The van der Waals surface area contributed by atoms with Gasteiger partial charge in [0.25, 0.3) is 0 Å². The summed E-state index contributed by atoms with van der Waals surface area (Å²) in [5.41, 5.74) is 1.58. The Bertz CT molecular complexity index is 724. The van der Waals surface area contributed by atoms with Crippen LogP contribution in [0.1, 0.15) is 25.5 Å². The number of ether oxygens (including phenoxy) is 2. The van der Waals surface area contributed by atoms with Crippen LogP contribution in [0.3, 0.4) is 0 Å². The molecule has 0 atom stereocenters. The van der Waals surface area contributed by atoms with Gasteiger partial charge in [-0.25, -0.2) is 4.98 Å². The van der Waals surface area contributed by atoms with Crippen molar-refractivity contribution in [2.45, 2.75) is 26.7 Å². The molecular formula is C18H25ClN4O2. The summed E-state index contributed by atoms with van der Waals surface area (Å²) in [6.07, 6.45) is 2.26. The maximum Gasteiger partial charge on any atom is 0.229 e. The molecule has 6 nitrogen and oxygen atoms in total. The van der Waals surface area contributed by atoms with Gasteiger partial charge in [-0.2, -0.15) is 4.98 Å². The maximum absolute atomic E-state index is 6.15. The van der Waals surface area contributed by atoms with Gasteiger partial charge in [-0.1, -0.05) is 24.9 Å². The SMILES string of the molecule is CCCCN(C)c1cc(C)nc(Nc2cc(OC)c(Cl)cc2OC)n1. The number of anilines is 3. The fourth-order valence-corrected chi connectivity index (χ4v) is 2.62. The normalized spacial score (nSPS) is 10.5. The van der Waals surface area contributed by atoms with Gasteiger partial charge in [0.2, 0.25) is 5.95 Å². The number of halogens is 1. The fraction of sp³-hybridized carbons (Fsp3) is 0.444. The first kappa shape index (κ1) is 19.1. The third kappa shape index (κ3) is 4.89. The van der Waals surface area contributed by atoms with E-state index in [1.54, 1.807) is 26.4 Å². The summed E-state index contributed by atoms with van der Waals surface area (Å²) in [6, 6.07) is 5.45. The van der Waals surface area contributed by atoms with Crippen molar-refractivity contribution in [1.82, 2.24) is 9.97 Å². The molecule has 0 unspecified atom stereocenters. The van der Waals surface area contributed by atoms with Gasteiger partial charge in [0.15, 0.2) is 0 Å². The van der Waals surface area contributed by atoms with Crippen LogP contribution < -0.4 is 19.7 Å². The van der Waals surface area contributed by atoms with E-state index in [9.17, 15) is 0 Å². The number of benzene rings is 1. The van der Waals surface area contributed by atoms with Crippen LogP contribution in [0.15, 0.2) is 18.2 Å². The molecule has 0 aliphatic carbocycles. The second-order valence-electron chi connectivity index (χ2n) is 5.78. The number of nitrogens with zero attached hydrogens (tertiary/aromatic N) is 3. The lowest BCUT2D eigenvalue weighted by atomic mass is 10.2. The number of unbranched alkanes of at least 4 members (excludes halogenated alkanes) is 1. The number of methoxy groups -OCH3 is 2. The van der Waals surface area contributed by atoms with E-state index in [1.807, 2.05) is 20.0 Å². The minimum atomic E-state index is 0.482. The number of rotatable bonds is 8. The molecule has 2 aromatic rings. The predicted molar refractivity (Wildman–Crippen MR) is 103 cm³/mol. The number of aryl methyl sites for hydroxylation is 1. The van der Waals surface area contributed by atoms with E-state index in [0.29, 0.717) is 28.2 Å². The molecule has 1 heterocycles. The highest BCUT2D eigenvalue weighted by molar-refractivity contribution is 6.32. The van der Waals surface area contributed by atoms with Gasteiger partial charge in [-0.3, -0.25) is 0 Å². The van der Waals surface area contributed by atoms with Crippen molar-refractivity contribution < 1.29 is 9.47 Å².